The normalized spacial score (nSPS) is 22.3. The minimum Gasteiger partial charge on any atom is -0.480 e. The predicted octanol–water partition coefficient (Wildman–Crippen LogP) is 2.14. The highest BCUT2D eigenvalue weighted by molar-refractivity contribution is 8.00. The van der Waals surface area contributed by atoms with E-state index in [0.717, 1.165) is 62.5 Å². The highest BCUT2D eigenvalue weighted by Crippen LogP contribution is 2.47. The molecule has 13 nitrogen and oxygen atoms in total. The number of thioether (sulfide) groups is 1. The molecule has 2 aliphatic carbocycles. The molecule has 1 aromatic heterocycles. The average molecular weight is 672 g/mol. The second-order valence-corrected chi connectivity index (χ2v) is 13.4. The third kappa shape index (κ3) is 10.6. The monoisotopic (exact) mass is 671 g/mol. The predicted molar refractivity (Wildman–Crippen MR) is 175 cm³/mol. The van der Waals surface area contributed by atoms with Gasteiger partial charge in [0.25, 0.3) is 0 Å². The number of hydrogen-bond donors (Lipinski definition) is 6. The lowest BCUT2D eigenvalue weighted by atomic mass is 9.74. The van der Waals surface area contributed by atoms with Gasteiger partial charge in [-0.15, -0.1) is 11.8 Å². The van der Waals surface area contributed by atoms with Crippen LogP contribution in [0.15, 0.2) is 47.5 Å². The van der Waals surface area contributed by atoms with Gasteiger partial charge in [0, 0.05) is 31.2 Å². The lowest BCUT2D eigenvalue weighted by Crippen LogP contribution is -2.50. The van der Waals surface area contributed by atoms with Crippen molar-refractivity contribution in [2.24, 2.45) is 11.8 Å². The Kier molecular flexibility index (Phi) is 13.8. The van der Waals surface area contributed by atoms with Crippen LogP contribution in [0.2, 0.25) is 0 Å². The van der Waals surface area contributed by atoms with Gasteiger partial charge in [0.15, 0.2) is 0 Å². The average Bonchev–Trinajstić information content (AvgIpc) is 3.38. The highest BCUT2D eigenvalue weighted by Gasteiger charge is 2.44. The number of amides is 2. The molecule has 0 saturated carbocycles. The minimum absolute atomic E-state index is 0.00623. The van der Waals surface area contributed by atoms with Gasteiger partial charge in [0.05, 0.1) is 5.25 Å². The molecule has 47 heavy (non-hydrogen) atoms. The summed E-state index contributed by atoms with van der Waals surface area (Å²) in [5.41, 5.74) is 3.37. The van der Waals surface area contributed by atoms with E-state index >= 15 is 0 Å². The Balaban J connectivity index is 1.51. The van der Waals surface area contributed by atoms with E-state index in [4.69, 9.17) is 9.84 Å². The van der Waals surface area contributed by atoms with Crippen molar-refractivity contribution < 1.29 is 38.9 Å². The molecule has 0 spiro atoms. The molecule has 2 amide bonds. The first kappa shape index (κ1) is 36.1. The number of carbonyl (C=O) groups excluding carboxylic acids is 3. The fourth-order valence-corrected chi connectivity index (χ4v) is 7.71. The molecule has 0 fully saturated rings. The number of nitrogens with one attached hydrogen (secondary N) is 4. The zero-order valence-corrected chi connectivity index (χ0v) is 27.5. The summed E-state index contributed by atoms with van der Waals surface area (Å²) in [6.45, 7) is -0.373. The molecular weight excluding hydrogens is 626 g/mol. The molecule has 5 atom stereocenters. The lowest BCUT2D eigenvalue weighted by Gasteiger charge is -2.30. The van der Waals surface area contributed by atoms with Crippen LogP contribution in [-0.2, 0) is 35.1 Å². The molecule has 0 radical (unpaired) electrons. The van der Waals surface area contributed by atoms with Crippen LogP contribution in [0, 0.1) is 11.8 Å². The zero-order valence-electron chi connectivity index (χ0n) is 26.7. The molecule has 6 N–H and O–H groups in total. The van der Waals surface area contributed by atoms with Crippen molar-refractivity contribution in [2.45, 2.75) is 81.5 Å². The fourth-order valence-electron chi connectivity index (χ4n) is 6.38. The van der Waals surface area contributed by atoms with Crippen molar-refractivity contribution in [3.63, 3.8) is 0 Å². The molecule has 0 unspecified atom stereocenters. The molecule has 256 valence electrons. The van der Waals surface area contributed by atoms with Gasteiger partial charge in [-0.05, 0) is 68.3 Å². The van der Waals surface area contributed by atoms with Gasteiger partial charge in [0.1, 0.15) is 30.3 Å². The van der Waals surface area contributed by atoms with E-state index in [1.165, 1.54) is 17.3 Å². The van der Waals surface area contributed by atoms with E-state index in [-0.39, 0.29) is 42.4 Å². The minimum atomic E-state index is -1.22. The van der Waals surface area contributed by atoms with Crippen LogP contribution < -0.4 is 21.3 Å². The quantitative estimate of drug-likeness (QED) is 0.0853. The second kappa shape index (κ2) is 18.0. The number of hydrogen-bond acceptors (Lipinski definition) is 10. The summed E-state index contributed by atoms with van der Waals surface area (Å²) in [6, 6.07) is 1.92. The van der Waals surface area contributed by atoms with Crippen LogP contribution >= 0.6 is 11.8 Å². The van der Waals surface area contributed by atoms with Crippen LogP contribution in [0.3, 0.4) is 0 Å². The number of nitrogens with zero attached hydrogens (tertiary/aromatic N) is 1. The van der Waals surface area contributed by atoms with Gasteiger partial charge in [0.2, 0.25) is 11.8 Å². The van der Waals surface area contributed by atoms with E-state index in [2.05, 4.69) is 26.3 Å². The first-order valence-electron chi connectivity index (χ1n) is 16.2. The molecule has 0 aromatic carbocycles. The maximum atomic E-state index is 13.3. The second-order valence-electron chi connectivity index (χ2n) is 12.2. The van der Waals surface area contributed by atoms with Crippen LogP contribution in [0.25, 0.3) is 0 Å². The van der Waals surface area contributed by atoms with E-state index in [9.17, 15) is 29.1 Å². The van der Waals surface area contributed by atoms with Crippen molar-refractivity contribution >= 4 is 41.5 Å². The largest absolute Gasteiger partial charge is 0.480 e. The Hall–Kier alpha value is -3.75. The van der Waals surface area contributed by atoms with Gasteiger partial charge in [-0.3, -0.25) is 34.3 Å². The number of carboxylic acids is 2. The number of pyridine rings is 1. The third-order valence-electron chi connectivity index (χ3n) is 8.69. The number of aromatic nitrogens is 1. The van der Waals surface area contributed by atoms with Gasteiger partial charge >= 0.3 is 17.9 Å². The molecule has 4 rings (SSSR count). The van der Waals surface area contributed by atoms with Crippen molar-refractivity contribution in [3.05, 3.63) is 53.1 Å². The molecule has 0 saturated heterocycles. The van der Waals surface area contributed by atoms with E-state index in [1.807, 2.05) is 18.2 Å². The van der Waals surface area contributed by atoms with Crippen molar-refractivity contribution in [1.29, 1.82) is 0 Å². The van der Waals surface area contributed by atoms with Gasteiger partial charge < -0.3 is 30.9 Å². The highest BCUT2D eigenvalue weighted by atomic mass is 32.2. The summed E-state index contributed by atoms with van der Waals surface area (Å²) in [7, 11) is 1.66. The Morgan fingerprint density at radius 3 is 2.51 bits per heavy atom. The Labute approximate surface area is 278 Å². The number of allylic oxidation sites excluding steroid dienone is 1. The molecule has 14 heteroatoms. The number of carbonyl (C=O) groups is 5. The van der Waals surface area contributed by atoms with Gasteiger partial charge in [-0.2, -0.15) is 0 Å². The molecule has 1 aliphatic heterocycles. The van der Waals surface area contributed by atoms with Crippen LogP contribution in [-0.4, -0.2) is 88.3 Å². The van der Waals surface area contributed by atoms with Crippen LogP contribution in [0.1, 0.15) is 63.4 Å². The first-order chi connectivity index (χ1) is 22.7. The summed E-state index contributed by atoms with van der Waals surface area (Å²) in [4.78, 5) is 66.1. The van der Waals surface area contributed by atoms with E-state index in [1.54, 1.807) is 19.4 Å². The van der Waals surface area contributed by atoms with Crippen molar-refractivity contribution in [2.75, 3.05) is 26.0 Å². The number of ether oxygens (including phenoxy) is 1. The smallest absolute Gasteiger partial charge is 0.322 e. The first-order valence-corrected chi connectivity index (χ1v) is 17.3. The number of esters is 1. The number of aliphatic carboxylic acids is 2. The number of carboxylic acid groups (broad SMARTS) is 2. The van der Waals surface area contributed by atoms with E-state index in [0.29, 0.717) is 5.76 Å². The summed E-state index contributed by atoms with van der Waals surface area (Å²) < 4.78 is 6.03. The number of rotatable bonds is 16. The summed E-state index contributed by atoms with van der Waals surface area (Å²) in [5.74, 6) is -3.32. The maximum Gasteiger partial charge on any atom is 0.322 e. The topological polar surface area (TPSA) is 196 Å². The summed E-state index contributed by atoms with van der Waals surface area (Å²) in [6.07, 6.45) is 12.7. The Morgan fingerprint density at radius 1 is 1.06 bits per heavy atom. The summed E-state index contributed by atoms with van der Waals surface area (Å²) >= 11 is 1.41. The molecular formula is C33H45N5O8S. The molecule has 2 heterocycles. The Bertz CT molecular complexity index is 1350. The third-order valence-corrected chi connectivity index (χ3v) is 10.1. The lowest BCUT2D eigenvalue weighted by molar-refractivity contribution is -0.140. The van der Waals surface area contributed by atoms with Crippen LogP contribution in [0.5, 0.6) is 0 Å². The Morgan fingerprint density at radius 2 is 1.81 bits per heavy atom. The SMILES string of the molecule is CNCN[C@@H](CCC(=O)N[C@@H](CS[C@@H]1CCCCCC[C@H]2CC(Cc3ccncc3)=C[C@H]3C(=O)OC1=C23)C(=O)NCC(=O)O)C(=O)O. The molecule has 1 aromatic rings. The molecule has 3 aliphatic rings. The van der Waals surface area contributed by atoms with Gasteiger partial charge in [-0.25, -0.2) is 0 Å². The van der Waals surface area contributed by atoms with Crippen molar-refractivity contribution in [1.82, 2.24) is 26.3 Å². The zero-order chi connectivity index (χ0) is 33.8. The molecule has 0 bridgehead atoms. The van der Waals surface area contributed by atoms with Gasteiger partial charge in [-0.1, -0.05) is 37.3 Å². The standard InChI is InChI=1S/C33H45N5O8S/c1-34-19-37-24(32(43)44)8-9-27(39)38-25(31(42)36-17-28(40)41)18-47-26-7-5-3-2-4-6-22-15-21(14-20-10-12-35-13-11-20)16-23-29(22)30(26)46-33(23)45/h10-13,16,22-26,34,37H,2-9,14-15,17-19H2,1H3,(H,36,42)(H,38,39)(H,40,41)(H,43,44)/t22-,23+,24-,25-,26+/m0/s1. The van der Waals surface area contributed by atoms with Crippen LogP contribution in [0.4, 0.5) is 0 Å². The van der Waals surface area contributed by atoms with Crippen molar-refractivity contribution in [3.8, 4) is 0 Å². The maximum absolute atomic E-state index is 13.3. The summed E-state index contributed by atoms with van der Waals surface area (Å²) in [5, 5.41) is 28.9. The van der Waals surface area contributed by atoms with E-state index < -0.39 is 48.3 Å². The fraction of sp³-hybridized carbons (Fsp3) is 0.576.